The van der Waals surface area contributed by atoms with Crippen LogP contribution in [0.1, 0.15) is 17.3 Å². The number of morpholine rings is 1. The molecule has 6 nitrogen and oxygen atoms in total. The van der Waals surface area contributed by atoms with Crippen molar-refractivity contribution in [2.45, 2.75) is 13.0 Å². The summed E-state index contributed by atoms with van der Waals surface area (Å²) in [7, 11) is 0. The van der Waals surface area contributed by atoms with Crippen LogP contribution in [0.15, 0.2) is 16.6 Å². The molecule has 102 valence electrons. The van der Waals surface area contributed by atoms with Crippen LogP contribution < -0.4 is 4.90 Å². The van der Waals surface area contributed by atoms with Crippen molar-refractivity contribution in [2.75, 3.05) is 24.6 Å². The molecule has 1 saturated heterocycles. The summed E-state index contributed by atoms with van der Waals surface area (Å²) in [4.78, 5) is 23.3. The molecule has 0 amide bonds. The third-order valence-corrected chi connectivity index (χ3v) is 3.64. The smallest absolute Gasteiger partial charge is 0.282 e. The SMILES string of the molecule is C[C@@H]1CN(c2cc([N+](=O)[O-])c(C=O)cc2Br)CCO1. The van der Waals surface area contributed by atoms with E-state index >= 15 is 0 Å². The summed E-state index contributed by atoms with van der Waals surface area (Å²) in [5.41, 5.74) is 0.613. The lowest BCUT2D eigenvalue weighted by atomic mass is 10.1. The van der Waals surface area contributed by atoms with E-state index < -0.39 is 4.92 Å². The number of carbonyl (C=O) groups excluding carboxylic acids is 1. The Morgan fingerprint density at radius 1 is 1.58 bits per heavy atom. The number of benzene rings is 1. The van der Waals surface area contributed by atoms with Crippen LogP contribution in [-0.4, -0.2) is 37.0 Å². The van der Waals surface area contributed by atoms with E-state index in [1.54, 1.807) is 0 Å². The molecule has 1 aliphatic heterocycles. The van der Waals surface area contributed by atoms with E-state index in [0.717, 1.165) is 0 Å². The van der Waals surface area contributed by atoms with Gasteiger partial charge < -0.3 is 9.64 Å². The van der Waals surface area contributed by atoms with Gasteiger partial charge in [0.05, 0.1) is 28.9 Å². The molecule has 1 aliphatic rings. The van der Waals surface area contributed by atoms with Crippen molar-refractivity contribution in [3.8, 4) is 0 Å². The molecular weight excluding hydrogens is 316 g/mol. The largest absolute Gasteiger partial charge is 0.375 e. The third-order valence-electron chi connectivity index (χ3n) is 3.00. The minimum atomic E-state index is -0.538. The first kappa shape index (κ1) is 14.0. The third kappa shape index (κ3) is 2.93. The molecule has 1 fully saturated rings. The molecule has 0 N–H and O–H groups in total. The zero-order valence-corrected chi connectivity index (χ0v) is 11.9. The van der Waals surface area contributed by atoms with Crippen molar-refractivity contribution in [3.63, 3.8) is 0 Å². The summed E-state index contributed by atoms with van der Waals surface area (Å²) in [6.45, 7) is 3.86. The summed E-state index contributed by atoms with van der Waals surface area (Å²) < 4.78 is 6.12. The number of hydrogen-bond donors (Lipinski definition) is 0. The number of halogens is 1. The van der Waals surface area contributed by atoms with E-state index in [0.29, 0.717) is 36.1 Å². The van der Waals surface area contributed by atoms with Gasteiger partial charge >= 0.3 is 0 Å². The van der Waals surface area contributed by atoms with Gasteiger partial charge in [-0.15, -0.1) is 0 Å². The fourth-order valence-electron chi connectivity index (χ4n) is 2.10. The molecule has 1 aromatic carbocycles. The van der Waals surface area contributed by atoms with Gasteiger partial charge in [0.2, 0.25) is 0 Å². The lowest BCUT2D eigenvalue weighted by molar-refractivity contribution is -0.385. The van der Waals surface area contributed by atoms with Crippen molar-refractivity contribution in [1.82, 2.24) is 0 Å². The number of nitro groups is 1. The second kappa shape index (κ2) is 5.66. The zero-order chi connectivity index (χ0) is 14.0. The molecule has 0 radical (unpaired) electrons. The van der Waals surface area contributed by atoms with Crippen molar-refractivity contribution in [3.05, 3.63) is 32.3 Å². The molecule has 0 aromatic heterocycles. The lowest BCUT2D eigenvalue weighted by Gasteiger charge is -2.33. The molecule has 0 unspecified atom stereocenters. The Morgan fingerprint density at radius 2 is 2.32 bits per heavy atom. The molecule has 0 saturated carbocycles. The van der Waals surface area contributed by atoms with E-state index in [4.69, 9.17) is 4.74 Å². The predicted octanol–water partition coefficient (Wildman–Crippen LogP) is 2.39. The Labute approximate surface area is 118 Å². The Kier molecular flexibility index (Phi) is 4.16. The molecule has 7 heteroatoms. The van der Waals surface area contributed by atoms with Gasteiger partial charge in [-0.05, 0) is 28.9 Å². The Hall–Kier alpha value is -1.47. The maximum atomic E-state index is 11.0. The first-order chi connectivity index (χ1) is 9.02. The monoisotopic (exact) mass is 328 g/mol. The highest BCUT2D eigenvalue weighted by Gasteiger charge is 2.23. The number of hydrogen-bond acceptors (Lipinski definition) is 5. The van der Waals surface area contributed by atoms with E-state index in [1.807, 2.05) is 11.8 Å². The lowest BCUT2D eigenvalue weighted by Crippen LogP contribution is -2.41. The Balaban J connectivity index is 2.42. The highest BCUT2D eigenvalue weighted by Crippen LogP contribution is 2.33. The first-order valence-corrected chi connectivity index (χ1v) is 6.62. The van der Waals surface area contributed by atoms with Crippen molar-refractivity contribution >= 4 is 33.6 Å². The summed E-state index contributed by atoms with van der Waals surface area (Å²) in [6, 6.07) is 2.92. The van der Waals surface area contributed by atoms with Gasteiger partial charge in [0, 0.05) is 23.6 Å². The molecule has 0 spiro atoms. The quantitative estimate of drug-likeness (QED) is 0.484. The summed E-state index contributed by atoms with van der Waals surface area (Å²) in [5.74, 6) is 0. The van der Waals surface area contributed by atoms with Gasteiger partial charge in [-0.25, -0.2) is 0 Å². The predicted molar refractivity (Wildman–Crippen MR) is 73.8 cm³/mol. The van der Waals surface area contributed by atoms with Crippen LogP contribution in [-0.2, 0) is 4.74 Å². The summed E-state index contributed by atoms with van der Waals surface area (Å²) in [5, 5.41) is 11.0. The number of rotatable bonds is 3. The summed E-state index contributed by atoms with van der Waals surface area (Å²) >= 11 is 3.36. The molecule has 1 atom stereocenters. The maximum Gasteiger partial charge on any atom is 0.282 e. The van der Waals surface area contributed by atoms with E-state index in [1.165, 1.54) is 12.1 Å². The van der Waals surface area contributed by atoms with Crippen molar-refractivity contribution in [2.24, 2.45) is 0 Å². The van der Waals surface area contributed by atoms with Crippen LogP contribution in [0.2, 0.25) is 0 Å². The standard InChI is InChI=1S/C12H13BrN2O4/c1-8-6-14(2-3-19-8)12-5-11(15(17)18)9(7-16)4-10(12)13/h4-5,7-8H,2-3,6H2,1H3/t8-/m1/s1. The normalized spacial score (nSPS) is 19.3. The van der Waals surface area contributed by atoms with Crippen LogP contribution in [0.4, 0.5) is 11.4 Å². The fourth-order valence-corrected chi connectivity index (χ4v) is 2.71. The highest BCUT2D eigenvalue weighted by molar-refractivity contribution is 9.10. The molecule has 1 heterocycles. The maximum absolute atomic E-state index is 11.0. The van der Waals surface area contributed by atoms with Crippen LogP contribution in [0, 0.1) is 10.1 Å². The molecule has 1 aromatic rings. The number of ether oxygens (including phenoxy) is 1. The molecule has 0 bridgehead atoms. The second-order valence-corrected chi connectivity index (χ2v) is 5.22. The van der Waals surface area contributed by atoms with E-state index in [9.17, 15) is 14.9 Å². The van der Waals surface area contributed by atoms with Gasteiger partial charge in [-0.1, -0.05) is 0 Å². The van der Waals surface area contributed by atoms with Gasteiger partial charge in [0.25, 0.3) is 5.69 Å². The van der Waals surface area contributed by atoms with Crippen LogP contribution in [0.3, 0.4) is 0 Å². The minimum absolute atomic E-state index is 0.0712. The fraction of sp³-hybridized carbons (Fsp3) is 0.417. The number of anilines is 1. The van der Waals surface area contributed by atoms with Crippen LogP contribution >= 0.6 is 15.9 Å². The van der Waals surface area contributed by atoms with Gasteiger partial charge in [-0.2, -0.15) is 0 Å². The van der Waals surface area contributed by atoms with Crippen LogP contribution in [0.5, 0.6) is 0 Å². The molecule has 19 heavy (non-hydrogen) atoms. The average Bonchev–Trinajstić information content (AvgIpc) is 2.37. The number of aldehydes is 1. The summed E-state index contributed by atoms with van der Waals surface area (Å²) in [6.07, 6.45) is 0.569. The molecule has 0 aliphatic carbocycles. The molecule has 2 rings (SSSR count). The minimum Gasteiger partial charge on any atom is -0.375 e. The highest BCUT2D eigenvalue weighted by atomic mass is 79.9. The topological polar surface area (TPSA) is 72.7 Å². The van der Waals surface area contributed by atoms with Gasteiger partial charge in [0.15, 0.2) is 6.29 Å². The van der Waals surface area contributed by atoms with Crippen molar-refractivity contribution < 1.29 is 14.5 Å². The van der Waals surface area contributed by atoms with Crippen LogP contribution in [0.25, 0.3) is 0 Å². The second-order valence-electron chi connectivity index (χ2n) is 4.36. The first-order valence-electron chi connectivity index (χ1n) is 5.82. The number of nitrogens with zero attached hydrogens (tertiary/aromatic N) is 2. The Morgan fingerprint density at radius 3 is 2.89 bits per heavy atom. The van der Waals surface area contributed by atoms with Gasteiger partial charge in [0.1, 0.15) is 0 Å². The number of nitro benzene ring substituents is 1. The van der Waals surface area contributed by atoms with Gasteiger partial charge in [-0.3, -0.25) is 14.9 Å². The van der Waals surface area contributed by atoms with E-state index in [2.05, 4.69) is 15.9 Å². The zero-order valence-electron chi connectivity index (χ0n) is 10.3. The average molecular weight is 329 g/mol. The van der Waals surface area contributed by atoms with Crippen molar-refractivity contribution in [1.29, 1.82) is 0 Å². The Bertz CT molecular complexity index is 521. The molecular formula is C12H13BrN2O4. The number of carbonyl (C=O) groups is 1. The van der Waals surface area contributed by atoms with E-state index in [-0.39, 0.29) is 17.4 Å².